The van der Waals surface area contributed by atoms with E-state index in [-0.39, 0.29) is 5.76 Å². The lowest BCUT2D eigenvalue weighted by molar-refractivity contribution is -0.156. The van der Waals surface area contributed by atoms with Crippen LogP contribution in [-0.2, 0) is 19.1 Å². The molecule has 2 rings (SSSR count). The van der Waals surface area contributed by atoms with E-state index in [4.69, 9.17) is 18.9 Å². The minimum absolute atomic E-state index is 0.0155. The Bertz CT molecular complexity index is 644. The van der Waals surface area contributed by atoms with Gasteiger partial charge < -0.3 is 18.9 Å². The third-order valence-corrected chi connectivity index (χ3v) is 3.07. The predicted molar refractivity (Wildman–Crippen MR) is 78.6 cm³/mol. The van der Waals surface area contributed by atoms with Crippen LogP contribution in [0.15, 0.2) is 36.1 Å². The van der Waals surface area contributed by atoms with Crippen LogP contribution in [0.2, 0.25) is 0 Å². The molecule has 0 aromatic heterocycles. The molecule has 1 heterocycles. The molecule has 0 radical (unpaired) electrons. The van der Waals surface area contributed by atoms with Gasteiger partial charge in [-0.15, -0.1) is 0 Å². The zero-order chi connectivity index (χ0) is 16.1. The number of carbonyl (C=O) groups is 2. The van der Waals surface area contributed by atoms with Crippen LogP contribution in [0.5, 0.6) is 11.5 Å². The van der Waals surface area contributed by atoms with Gasteiger partial charge in [0, 0.05) is 6.08 Å². The highest BCUT2D eigenvalue weighted by Gasteiger charge is 2.29. The van der Waals surface area contributed by atoms with Crippen molar-refractivity contribution in [2.24, 2.45) is 0 Å². The van der Waals surface area contributed by atoms with E-state index in [1.807, 2.05) is 6.07 Å². The van der Waals surface area contributed by atoms with Crippen LogP contribution in [-0.4, -0.2) is 39.2 Å². The quantitative estimate of drug-likeness (QED) is 0.609. The van der Waals surface area contributed by atoms with Gasteiger partial charge in [0.1, 0.15) is 6.10 Å². The summed E-state index contributed by atoms with van der Waals surface area (Å²) in [6.45, 7) is 0. The van der Waals surface area contributed by atoms with E-state index >= 15 is 0 Å². The first kappa shape index (κ1) is 15.6. The molecule has 6 heteroatoms. The van der Waals surface area contributed by atoms with Gasteiger partial charge in [-0.25, -0.2) is 4.79 Å². The molecule has 6 nitrogen and oxygen atoms in total. The monoisotopic (exact) mass is 304 g/mol. The topological polar surface area (TPSA) is 71.1 Å². The van der Waals surface area contributed by atoms with E-state index in [9.17, 15) is 9.59 Å². The lowest BCUT2D eigenvalue weighted by Gasteiger charge is -2.17. The SMILES string of the molecule is COC1=CC(C=Cc2ccc(OC)c(OC)c2)OC(=O)C1=O. The Morgan fingerprint density at radius 3 is 2.41 bits per heavy atom. The first-order valence-electron chi connectivity index (χ1n) is 6.50. The number of benzene rings is 1. The molecular weight excluding hydrogens is 288 g/mol. The van der Waals surface area contributed by atoms with Crippen molar-refractivity contribution in [3.8, 4) is 11.5 Å². The molecule has 1 unspecified atom stereocenters. The molecular formula is C16H16O6. The van der Waals surface area contributed by atoms with Gasteiger partial charge in [-0.2, -0.15) is 0 Å². The summed E-state index contributed by atoms with van der Waals surface area (Å²) in [5.74, 6) is -0.512. The number of ether oxygens (including phenoxy) is 4. The maximum atomic E-state index is 11.4. The molecule has 0 amide bonds. The Labute approximate surface area is 127 Å². The van der Waals surface area contributed by atoms with E-state index in [1.165, 1.54) is 13.2 Å². The molecule has 1 aromatic carbocycles. The lowest BCUT2D eigenvalue weighted by Crippen LogP contribution is -2.30. The van der Waals surface area contributed by atoms with Gasteiger partial charge in [-0.05, 0) is 23.8 Å². The molecule has 0 saturated heterocycles. The number of methoxy groups -OCH3 is 3. The number of Topliss-reactive ketones (excluding diaryl/α,β-unsaturated/α-hetero) is 1. The van der Waals surface area contributed by atoms with Gasteiger partial charge in [0.15, 0.2) is 17.3 Å². The molecule has 0 spiro atoms. The second-order valence-electron chi connectivity index (χ2n) is 4.41. The van der Waals surface area contributed by atoms with Crippen LogP contribution < -0.4 is 9.47 Å². The molecule has 22 heavy (non-hydrogen) atoms. The lowest BCUT2D eigenvalue weighted by atomic mass is 10.1. The largest absolute Gasteiger partial charge is 0.493 e. The summed E-state index contributed by atoms with van der Waals surface area (Å²) in [7, 11) is 4.44. The number of esters is 1. The third kappa shape index (κ3) is 3.28. The molecule has 0 N–H and O–H groups in total. The van der Waals surface area contributed by atoms with E-state index in [0.717, 1.165) is 5.56 Å². The van der Waals surface area contributed by atoms with E-state index in [2.05, 4.69) is 0 Å². The molecule has 0 saturated carbocycles. The minimum atomic E-state index is -0.929. The standard InChI is InChI=1S/C16H16O6/c1-19-12-7-5-10(8-13(12)20-2)4-6-11-9-14(21-3)15(17)16(18)22-11/h4-9,11H,1-3H3. The van der Waals surface area contributed by atoms with Crippen LogP contribution in [0.25, 0.3) is 6.08 Å². The summed E-state index contributed by atoms with van der Waals surface area (Å²) in [6.07, 6.45) is 4.18. The van der Waals surface area contributed by atoms with Crippen molar-refractivity contribution in [2.45, 2.75) is 6.10 Å². The molecule has 1 aliphatic rings. The number of rotatable bonds is 5. The second kappa shape index (κ2) is 6.80. The third-order valence-electron chi connectivity index (χ3n) is 3.07. The van der Waals surface area contributed by atoms with Crippen LogP contribution in [0.1, 0.15) is 5.56 Å². The molecule has 0 bridgehead atoms. The Balaban J connectivity index is 2.20. The Morgan fingerprint density at radius 2 is 1.77 bits per heavy atom. The van der Waals surface area contributed by atoms with Crippen molar-refractivity contribution in [3.05, 3.63) is 41.7 Å². The van der Waals surface area contributed by atoms with Crippen LogP contribution in [0.4, 0.5) is 0 Å². The van der Waals surface area contributed by atoms with Crippen molar-refractivity contribution in [3.63, 3.8) is 0 Å². The zero-order valence-electron chi connectivity index (χ0n) is 12.5. The number of carbonyl (C=O) groups excluding carboxylic acids is 2. The summed E-state index contributed by atoms with van der Waals surface area (Å²) in [5.41, 5.74) is 0.831. The Kier molecular flexibility index (Phi) is 4.83. The summed E-state index contributed by atoms with van der Waals surface area (Å²) in [5, 5.41) is 0. The first-order chi connectivity index (χ1) is 10.6. The van der Waals surface area contributed by atoms with Crippen LogP contribution in [0.3, 0.4) is 0 Å². The molecule has 0 fully saturated rings. The van der Waals surface area contributed by atoms with Crippen molar-refractivity contribution < 1.29 is 28.5 Å². The maximum absolute atomic E-state index is 11.4. The molecule has 1 aliphatic heterocycles. The summed E-state index contributed by atoms with van der Waals surface area (Å²) >= 11 is 0. The highest BCUT2D eigenvalue weighted by atomic mass is 16.6. The van der Waals surface area contributed by atoms with Gasteiger partial charge >= 0.3 is 11.8 Å². The van der Waals surface area contributed by atoms with Crippen molar-refractivity contribution in [1.29, 1.82) is 0 Å². The Morgan fingerprint density at radius 1 is 1.05 bits per heavy atom. The van der Waals surface area contributed by atoms with Gasteiger partial charge in [-0.1, -0.05) is 12.1 Å². The highest BCUT2D eigenvalue weighted by Crippen LogP contribution is 2.28. The minimum Gasteiger partial charge on any atom is -0.493 e. The van der Waals surface area contributed by atoms with Crippen molar-refractivity contribution >= 4 is 17.8 Å². The predicted octanol–water partition coefficient (Wildman–Crippen LogP) is 1.74. The number of ketones is 1. The van der Waals surface area contributed by atoms with Crippen molar-refractivity contribution in [1.82, 2.24) is 0 Å². The average molecular weight is 304 g/mol. The van der Waals surface area contributed by atoms with E-state index < -0.39 is 17.9 Å². The Hall–Kier alpha value is -2.76. The van der Waals surface area contributed by atoms with Gasteiger partial charge in [-0.3, -0.25) is 4.79 Å². The van der Waals surface area contributed by atoms with Crippen LogP contribution in [0, 0.1) is 0 Å². The van der Waals surface area contributed by atoms with E-state index in [1.54, 1.807) is 38.5 Å². The van der Waals surface area contributed by atoms with E-state index in [0.29, 0.717) is 11.5 Å². The van der Waals surface area contributed by atoms with Gasteiger partial charge in [0.25, 0.3) is 0 Å². The zero-order valence-corrected chi connectivity index (χ0v) is 12.5. The van der Waals surface area contributed by atoms with Gasteiger partial charge in [0.05, 0.1) is 21.3 Å². The summed E-state index contributed by atoms with van der Waals surface area (Å²) < 4.78 is 20.2. The fourth-order valence-corrected chi connectivity index (χ4v) is 1.95. The number of hydrogen-bond acceptors (Lipinski definition) is 6. The second-order valence-corrected chi connectivity index (χ2v) is 4.41. The molecule has 1 aromatic rings. The fraction of sp³-hybridized carbons (Fsp3) is 0.250. The fourth-order valence-electron chi connectivity index (χ4n) is 1.95. The van der Waals surface area contributed by atoms with Crippen molar-refractivity contribution in [2.75, 3.05) is 21.3 Å². The first-order valence-corrected chi connectivity index (χ1v) is 6.50. The summed E-state index contributed by atoms with van der Waals surface area (Å²) in [4.78, 5) is 22.8. The molecule has 1 atom stereocenters. The molecule has 116 valence electrons. The average Bonchev–Trinajstić information content (AvgIpc) is 2.55. The smallest absolute Gasteiger partial charge is 0.383 e. The maximum Gasteiger partial charge on any atom is 0.383 e. The van der Waals surface area contributed by atoms with Crippen LogP contribution >= 0.6 is 0 Å². The highest BCUT2D eigenvalue weighted by molar-refractivity contribution is 6.40. The molecule has 0 aliphatic carbocycles. The van der Waals surface area contributed by atoms with Gasteiger partial charge in [0.2, 0.25) is 0 Å². The summed E-state index contributed by atoms with van der Waals surface area (Å²) in [6, 6.07) is 5.38. The number of hydrogen-bond donors (Lipinski definition) is 0. The number of cyclic esters (lactones) is 1. The normalized spacial score (nSPS) is 18.0.